The first kappa shape index (κ1) is 21.6. The van der Waals surface area contributed by atoms with Crippen LogP contribution in [0.25, 0.3) is 5.57 Å². The minimum Gasteiger partial charge on any atom is -0.497 e. The second-order valence-electron chi connectivity index (χ2n) is 9.39. The summed E-state index contributed by atoms with van der Waals surface area (Å²) in [7, 11) is 1.68. The van der Waals surface area contributed by atoms with E-state index in [-0.39, 0.29) is 12.7 Å². The number of anilines is 2. The summed E-state index contributed by atoms with van der Waals surface area (Å²) in [5.74, 6) is 2.40. The zero-order valence-corrected chi connectivity index (χ0v) is 19.8. The summed E-state index contributed by atoms with van der Waals surface area (Å²) in [5.41, 5.74) is 3.82. The van der Waals surface area contributed by atoms with Crippen LogP contribution in [-0.2, 0) is 4.79 Å². The van der Waals surface area contributed by atoms with Gasteiger partial charge < -0.3 is 24.0 Å². The van der Waals surface area contributed by atoms with Crippen molar-refractivity contribution < 1.29 is 19.0 Å². The average molecular weight is 450 g/mol. The number of carbonyl (C=O) groups is 1. The van der Waals surface area contributed by atoms with Gasteiger partial charge in [-0.3, -0.25) is 9.69 Å². The van der Waals surface area contributed by atoms with Gasteiger partial charge in [0.1, 0.15) is 5.75 Å². The van der Waals surface area contributed by atoms with Crippen molar-refractivity contribution in [2.45, 2.75) is 26.3 Å². The minimum atomic E-state index is -0.424. The predicted octanol–water partition coefficient (Wildman–Crippen LogP) is 3.77. The molecule has 0 radical (unpaired) electrons. The Bertz CT molecular complexity index is 1090. The molecular weight excluding hydrogens is 418 g/mol. The normalized spacial score (nSPS) is 19.2. The molecule has 2 aromatic carbocycles. The summed E-state index contributed by atoms with van der Waals surface area (Å²) in [5, 5.41) is 0. The van der Waals surface area contributed by atoms with E-state index in [2.05, 4.69) is 48.8 Å². The number of hydrogen-bond donors (Lipinski definition) is 0. The van der Waals surface area contributed by atoms with Crippen LogP contribution in [0.2, 0.25) is 0 Å². The molecule has 0 unspecified atom stereocenters. The first-order valence-electron chi connectivity index (χ1n) is 11.4. The largest absolute Gasteiger partial charge is 0.497 e. The van der Waals surface area contributed by atoms with Crippen molar-refractivity contribution in [1.29, 1.82) is 0 Å². The number of nitrogens with zero attached hydrogens (tertiary/aromatic N) is 3. The van der Waals surface area contributed by atoms with Crippen LogP contribution in [0.5, 0.6) is 17.2 Å². The molecule has 0 atom stereocenters. The molecule has 33 heavy (non-hydrogen) atoms. The molecule has 0 aromatic heterocycles. The predicted molar refractivity (Wildman–Crippen MR) is 129 cm³/mol. The number of rotatable bonds is 4. The zero-order valence-electron chi connectivity index (χ0n) is 19.8. The molecule has 3 heterocycles. The fraction of sp³-hybridized carbons (Fsp3) is 0.423. The number of ether oxygens (including phenoxy) is 3. The van der Waals surface area contributed by atoms with Crippen molar-refractivity contribution in [3.8, 4) is 17.2 Å². The third-order valence-electron chi connectivity index (χ3n) is 6.72. The van der Waals surface area contributed by atoms with Gasteiger partial charge in [-0.1, -0.05) is 6.08 Å². The number of hydrogen-bond acceptors (Lipinski definition) is 6. The highest BCUT2D eigenvalue weighted by atomic mass is 16.7. The standard InChI is InChI=1S/C26H31N3O4/c1-18-15-26(2,3)29(22-14-24-23(13-21(18)22)32-17-33-24)25(30)16-27-9-11-28(12-10-27)19-5-7-20(31-4)8-6-19/h5-8,13-15H,9-12,16-17H2,1-4H3. The second kappa shape index (κ2) is 8.30. The molecule has 1 fully saturated rings. The molecule has 1 amide bonds. The summed E-state index contributed by atoms with van der Waals surface area (Å²) in [6.07, 6.45) is 2.16. The first-order chi connectivity index (χ1) is 15.9. The molecule has 3 aliphatic rings. The Morgan fingerprint density at radius 2 is 1.70 bits per heavy atom. The van der Waals surface area contributed by atoms with Crippen LogP contribution >= 0.6 is 0 Å². The Labute approximate surface area is 195 Å². The van der Waals surface area contributed by atoms with E-state index in [4.69, 9.17) is 14.2 Å². The monoisotopic (exact) mass is 449 g/mol. The lowest BCUT2D eigenvalue weighted by molar-refractivity contribution is -0.120. The van der Waals surface area contributed by atoms with Crippen LogP contribution < -0.4 is 24.0 Å². The molecule has 1 saturated heterocycles. The quantitative estimate of drug-likeness (QED) is 0.708. The first-order valence-corrected chi connectivity index (χ1v) is 11.4. The third-order valence-corrected chi connectivity index (χ3v) is 6.72. The van der Waals surface area contributed by atoms with Crippen molar-refractivity contribution in [3.63, 3.8) is 0 Å². The summed E-state index contributed by atoms with van der Waals surface area (Å²) < 4.78 is 16.4. The summed E-state index contributed by atoms with van der Waals surface area (Å²) >= 11 is 0. The van der Waals surface area contributed by atoms with Crippen molar-refractivity contribution in [2.24, 2.45) is 0 Å². The number of benzene rings is 2. The lowest BCUT2D eigenvalue weighted by Gasteiger charge is -2.43. The number of allylic oxidation sites excluding steroid dienone is 1. The van der Waals surface area contributed by atoms with Gasteiger partial charge in [0.05, 0.1) is 24.9 Å². The summed E-state index contributed by atoms with van der Waals surface area (Å²) in [6.45, 7) is 10.3. The van der Waals surface area contributed by atoms with Crippen molar-refractivity contribution in [2.75, 3.05) is 56.4 Å². The Morgan fingerprint density at radius 1 is 1.03 bits per heavy atom. The minimum absolute atomic E-state index is 0.0989. The third kappa shape index (κ3) is 4.02. The highest BCUT2D eigenvalue weighted by Crippen LogP contribution is 2.46. The molecule has 0 saturated carbocycles. The molecule has 3 aliphatic heterocycles. The lowest BCUT2D eigenvalue weighted by Crippen LogP contribution is -2.55. The van der Waals surface area contributed by atoms with E-state index in [9.17, 15) is 4.79 Å². The van der Waals surface area contributed by atoms with Crippen LogP contribution in [0.15, 0.2) is 42.5 Å². The lowest BCUT2D eigenvalue weighted by atomic mass is 9.88. The Balaban J connectivity index is 1.30. The topological polar surface area (TPSA) is 54.5 Å². The fourth-order valence-corrected chi connectivity index (χ4v) is 5.09. The maximum atomic E-state index is 13.6. The molecule has 174 valence electrons. The van der Waals surface area contributed by atoms with Gasteiger partial charge in [-0.05, 0) is 56.7 Å². The van der Waals surface area contributed by atoms with Crippen molar-refractivity contribution in [3.05, 3.63) is 48.0 Å². The van der Waals surface area contributed by atoms with E-state index in [0.29, 0.717) is 12.3 Å². The molecule has 7 heteroatoms. The number of piperazine rings is 1. The Hall–Kier alpha value is -3.19. The maximum absolute atomic E-state index is 13.6. The molecule has 7 nitrogen and oxygen atoms in total. The van der Waals surface area contributed by atoms with E-state index in [1.807, 2.05) is 29.2 Å². The van der Waals surface area contributed by atoms with Gasteiger partial charge >= 0.3 is 0 Å². The van der Waals surface area contributed by atoms with E-state index >= 15 is 0 Å². The Morgan fingerprint density at radius 3 is 2.36 bits per heavy atom. The molecule has 0 aliphatic carbocycles. The molecule has 0 spiro atoms. The SMILES string of the molecule is COc1ccc(N2CCN(CC(=O)N3c4cc5c(cc4C(C)=CC3(C)C)OCO5)CC2)cc1. The second-order valence-corrected chi connectivity index (χ2v) is 9.39. The number of fused-ring (bicyclic) bond motifs is 2. The van der Waals surface area contributed by atoms with Crippen molar-refractivity contribution in [1.82, 2.24) is 4.90 Å². The van der Waals surface area contributed by atoms with Gasteiger partial charge in [0.25, 0.3) is 0 Å². The fourth-order valence-electron chi connectivity index (χ4n) is 5.09. The highest BCUT2D eigenvalue weighted by molar-refractivity contribution is 6.02. The van der Waals surface area contributed by atoms with Crippen LogP contribution in [-0.4, -0.2) is 63.0 Å². The van der Waals surface area contributed by atoms with Gasteiger partial charge in [-0.15, -0.1) is 0 Å². The van der Waals surface area contributed by atoms with Gasteiger partial charge in [0.15, 0.2) is 11.5 Å². The van der Waals surface area contributed by atoms with Gasteiger partial charge in [0, 0.05) is 43.5 Å². The number of amides is 1. The molecule has 0 bridgehead atoms. The zero-order chi connectivity index (χ0) is 23.2. The summed E-state index contributed by atoms with van der Waals surface area (Å²) in [6, 6.07) is 12.1. The molecule has 2 aromatic rings. The van der Waals surface area contributed by atoms with E-state index in [1.54, 1.807) is 7.11 Å². The van der Waals surface area contributed by atoms with Gasteiger partial charge in [-0.25, -0.2) is 0 Å². The number of methoxy groups -OCH3 is 1. The van der Waals surface area contributed by atoms with Crippen molar-refractivity contribution >= 4 is 22.9 Å². The highest BCUT2D eigenvalue weighted by Gasteiger charge is 2.38. The molecular formula is C26H31N3O4. The molecule has 0 N–H and O–H groups in total. The van der Waals surface area contributed by atoms with Crippen LogP contribution in [0.3, 0.4) is 0 Å². The van der Waals surface area contributed by atoms with E-state index < -0.39 is 5.54 Å². The van der Waals surface area contributed by atoms with E-state index in [0.717, 1.165) is 54.5 Å². The summed E-state index contributed by atoms with van der Waals surface area (Å²) in [4.78, 5) is 20.2. The smallest absolute Gasteiger partial charge is 0.241 e. The molecule has 5 rings (SSSR count). The number of carbonyl (C=O) groups excluding carboxylic acids is 1. The maximum Gasteiger partial charge on any atom is 0.241 e. The van der Waals surface area contributed by atoms with Crippen LogP contribution in [0.4, 0.5) is 11.4 Å². The van der Waals surface area contributed by atoms with E-state index in [1.165, 1.54) is 5.69 Å². The average Bonchev–Trinajstić information content (AvgIpc) is 3.25. The van der Waals surface area contributed by atoms with Crippen LogP contribution in [0.1, 0.15) is 26.3 Å². The van der Waals surface area contributed by atoms with Crippen LogP contribution in [0, 0.1) is 0 Å². The van der Waals surface area contributed by atoms with Gasteiger partial charge in [0.2, 0.25) is 12.7 Å². The Kier molecular flexibility index (Phi) is 5.44. The van der Waals surface area contributed by atoms with Gasteiger partial charge in [-0.2, -0.15) is 0 Å².